The Morgan fingerprint density at radius 3 is 2.57 bits per heavy atom. The van der Waals surface area contributed by atoms with Crippen LogP contribution in [-0.4, -0.2) is 21.0 Å². The van der Waals surface area contributed by atoms with Crippen LogP contribution in [0.2, 0.25) is 0 Å². The molecule has 23 heavy (non-hydrogen) atoms. The summed E-state index contributed by atoms with van der Waals surface area (Å²) in [5, 5.41) is 8.15. The number of carbonyl (C=O) groups excluding carboxylic acids is 1. The number of aromatic nitrogens is 3. The molecule has 0 spiro atoms. The minimum Gasteiger partial charge on any atom is -0.340 e. The molecule has 124 valence electrons. The third kappa shape index (κ3) is 3.15. The first-order chi connectivity index (χ1) is 10.8. The SMILES string of the molecule is Cc1nc(C2(NC(=O)c3cnc(C(C)(C)C)s3)CCCC2)no1. The smallest absolute Gasteiger partial charge is 0.263 e. The number of hydrogen-bond acceptors (Lipinski definition) is 6. The van der Waals surface area contributed by atoms with Crippen LogP contribution in [-0.2, 0) is 11.0 Å². The minimum absolute atomic E-state index is 0.0565. The lowest BCUT2D eigenvalue weighted by molar-refractivity contribution is 0.0896. The van der Waals surface area contributed by atoms with E-state index in [2.05, 4.69) is 41.2 Å². The van der Waals surface area contributed by atoms with Crippen molar-refractivity contribution >= 4 is 17.2 Å². The maximum Gasteiger partial charge on any atom is 0.263 e. The van der Waals surface area contributed by atoms with Gasteiger partial charge in [0.05, 0.1) is 11.2 Å². The van der Waals surface area contributed by atoms with Crippen LogP contribution in [0.5, 0.6) is 0 Å². The molecule has 7 heteroatoms. The quantitative estimate of drug-likeness (QED) is 0.931. The van der Waals surface area contributed by atoms with Crippen LogP contribution in [0.25, 0.3) is 0 Å². The number of nitrogens with zero attached hydrogens (tertiary/aromatic N) is 3. The van der Waals surface area contributed by atoms with Crippen molar-refractivity contribution in [2.45, 2.75) is 64.3 Å². The summed E-state index contributed by atoms with van der Waals surface area (Å²) in [6.07, 6.45) is 5.42. The lowest BCUT2D eigenvalue weighted by atomic mass is 9.96. The average Bonchev–Trinajstić information content (AvgIpc) is 3.16. The maximum atomic E-state index is 12.7. The Hall–Kier alpha value is -1.76. The van der Waals surface area contributed by atoms with Crippen molar-refractivity contribution in [1.82, 2.24) is 20.4 Å². The van der Waals surface area contributed by atoms with Gasteiger partial charge < -0.3 is 9.84 Å². The van der Waals surface area contributed by atoms with Crippen molar-refractivity contribution in [1.29, 1.82) is 0 Å². The first kappa shape index (κ1) is 16.1. The largest absolute Gasteiger partial charge is 0.340 e. The Bertz CT molecular complexity index is 708. The van der Waals surface area contributed by atoms with Crippen molar-refractivity contribution in [3.05, 3.63) is 27.8 Å². The van der Waals surface area contributed by atoms with E-state index in [9.17, 15) is 4.79 Å². The molecule has 1 amide bonds. The van der Waals surface area contributed by atoms with Gasteiger partial charge in [-0.2, -0.15) is 4.98 Å². The highest BCUT2D eigenvalue weighted by Gasteiger charge is 2.41. The second-order valence-electron chi connectivity index (χ2n) is 7.16. The zero-order valence-electron chi connectivity index (χ0n) is 14.0. The van der Waals surface area contributed by atoms with Gasteiger partial charge in [-0.3, -0.25) is 4.79 Å². The third-order valence-electron chi connectivity index (χ3n) is 4.14. The maximum absolute atomic E-state index is 12.7. The number of rotatable bonds is 3. The molecule has 1 fully saturated rings. The fourth-order valence-corrected chi connectivity index (χ4v) is 3.75. The number of hydrogen-bond donors (Lipinski definition) is 1. The molecule has 0 radical (unpaired) electrons. The first-order valence-electron chi connectivity index (χ1n) is 7.90. The summed E-state index contributed by atoms with van der Waals surface area (Å²) in [6, 6.07) is 0. The van der Waals surface area contributed by atoms with E-state index in [1.165, 1.54) is 11.3 Å². The van der Waals surface area contributed by atoms with Gasteiger partial charge in [-0.05, 0) is 12.8 Å². The van der Waals surface area contributed by atoms with Crippen LogP contribution in [0.1, 0.15) is 72.8 Å². The number of amides is 1. The Morgan fingerprint density at radius 2 is 2.04 bits per heavy atom. The van der Waals surface area contributed by atoms with E-state index in [0.29, 0.717) is 16.6 Å². The predicted octanol–water partition coefficient (Wildman–Crippen LogP) is 3.33. The highest BCUT2D eigenvalue weighted by molar-refractivity contribution is 7.13. The fourth-order valence-electron chi connectivity index (χ4n) is 2.88. The predicted molar refractivity (Wildman–Crippen MR) is 87.5 cm³/mol. The molecule has 0 atom stereocenters. The molecule has 0 aliphatic heterocycles. The zero-order valence-corrected chi connectivity index (χ0v) is 14.8. The fraction of sp³-hybridized carbons (Fsp3) is 0.625. The number of thiazole rings is 1. The molecule has 0 saturated heterocycles. The summed E-state index contributed by atoms with van der Waals surface area (Å²) in [5.41, 5.74) is -0.570. The summed E-state index contributed by atoms with van der Waals surface area (Å²) in [6.45, 7) is 8.04. The van der Waals surface area contributed by atoms with Crippen LogP contribution in [0.4, 0.5) is 0 Å². The normalized spacial score (nSPS) is 17.4. The van der Waals surface area contributed by atoms with E-state index >= 15 is 0 Å². The number of nitrogens with one attached hydrogen (secondary N) is 1. The average molecular weight is 334 g/mol. The lowest BCUT2D eigenvalue weighted by Crippen LogP contribution is -2.44. The number of aryl methyl sites for hydroxylation is 1. The van der Waals surface area contributed by atoms with E-state index in [0.717, 1.165) is 30.7 Å². The van der Waals surface area contributed by atoms with E-state index in [1.54, 1.807) is 13.1 Å². The van der Waals surface area contributed by atoms with Gasteiger partial charge in [0.15, 0.2) is 5.82 Å². The van der Waals surface area contributed by atoms with E-state index < -0.39 is 5.54 Å². The first-order valence-corrected chi connectivity index (χ1v) is 8.71. The summed E-state index contributed by atoms with van der Waals surface area (Å²) < 4.78 is 5.12. The standard InChI is InChI=1S/C16H22N4O2S/c1-10-18-13(20-22-10)16(7-5-6-8-16)19-12(21)11-9-17-14(23-11)15(2,3)4/h9H,5-8H2,1-4H3,(H,19,21). The Balaban J connectivity index is 1.83. The molecule has 0 unspecified atom stereocenters. The van der Waals surface area contributed by atoms with Gasteiger partial charge in [-0.15, -0.1) is 11.3 Å². The zero-order chi connectivity index (χ0) is 16.7. The highest BCUT2D eigenvalue weighted by Crippen LogP contribution is 2.38. The van der Waals surface area contributed by atoms with Gasteiger partial charge in [0, 0.05) is 12.3 Å². The molecule has 1 aliphatic carbocycles. The van der Waals surface area contributed by atoms with Gasteiger partial charge in [-0.1, -0.05) is 38.8 Å². The van der Waals surface area contributed by atoms with Crippen molar-refractivity contribution in [3.63, 3.8) is 0 Å². The Labute approximate surface area is 139 Å². The van der Waals surface area contributed by atoms with Gasteiger partial charge in [0.25, 0.3) is 5.91 Å². The van der Waals surface area contributed by atoms with Crippen molar-refractivity contribution in [2.75, 3.05) is 0 Å². The molecule has 1 N–H and O–H groups in total. The van der Waals surface area contributed by atoms with Gasteiger partial charge >= 0.3 is 0 Å². The van der Waals surface area contributed by atoms with Crippen LogP contribution < -0.4 is 5.32 Å². The highest BCUT2D eigenvalue weighted by atomic mass is 32.1. The van der Waals surface area contributed by atoms with Crippen LogP contribution in [0, 0.1) is 6.92 Å². The van der Waals surface area contributed by atoms with Gasteiger partial charge in [-0.25, -0.2) is 4.98 Å². The molecule has 2 aromatic heterocycles. The molecule has 1 aliphatic rings. The summed E-state index contributed by atoms with van der Waals surface area (Å²) in [4.78, 5) is 22.1. The Kier molecular flexibility index (Phi) is 4.00. The van der Waals surface area contributed by atoms with Crippen molar-refractivity contribution < 1.29 is 9.32 Å². The lowest BCUT2D eigenvalue weighted by Gasteiger charge is -2.26. The molecular formula is C16H22N4O2S. The van der Waals surface area contributed by atoms with Crippen LogP contribution >= 0.6 is 11.3 Å². The summed E-state index contributed by atoms with van der Waals surface area (Å²) >= 11 is 1.44. The number of carbonyl (C=O) groups is 1. The summed E-state index contributed by atoms with van der Waals surface area (Å²) in [5.74, 6) is 0.997. The van der Waals surface area contributed by atoms with Crippen LogP contribution in [0.3, 0.4) is 0 Å². The second kappa shape index (κ2) is 5.70. The molecule has 2 aromatic rings. The Morgan fingerprint density at radius 1 is 1.35 bits per heavy atom. The molecule has 6 nitrogen and oxygen atoms in total. The van der Waals surface area contributed by atoms with Crippen molar-refractivity contribution in [3.8, 4) is 0 Å². The molecule has 3 rings (SSSR count). The second-order valence-corrected chi connectivity index (χ2v) is 8.19. The third-order valence-corrected chi connectivity index (χ3v) is 5.56. The molecule has 0 aromatic carbocycles. The van der Waals surface area contributed by atoms with E-state index in [4.69, 9.17) is 4.52 Å². The van der Waals surface area contributed by atoms with E-state index in [-0.39, 0.29) is 11.3 Å². The topological polar surface area (TPSA) is 80.9 Å². The van der Waals surface area contributed by atoms with E-state index in [1.807, 2.05) is 0 Å². The van der Waals surface area contributed by atoms with Gasteiger partial charge in [0.1, 0.15) is 10.4 Å². The monoisotopic (exact) mass is 334 g/mol. The molecule has 2 heterocycles. The molecule has 0 bridgehead atoms. The molecule has 1 saturated carbocycles. The van der Waals surface area contributed by atoms with Crippen LogP contribution in [0.15, 0.2) is 10.7 Å². The molecular weight excluding hydrogens is 312 g/mol. The van der Waals surface area contributed by atoms with Gasteiger partial charge in [0.2, 0.25) is 5.89 Å². The minimum atomic E-state index is -0.513. The van der Waals surface area contributed by atoms with Crippen molar-refractivity contribution in [2.24, 2.45) is 0 Å². The summed E-state index contributed by atoms with van der Waals surface area (Å²) in [7, 11) is 0.